The number of sulfone groups is 1. The van der Waals surface area contributed by atoms with Gasteiger partial charge in [0.2, 0.25) is 0 Å². The van der Waals surface area contributed by atoms with Crippen LogP contribution in [0.1, 0.15) is 12.5 Å². The van der Waals surface area contributed by atoms with E-state index in [0.29, 0.717) is 6.54 Å². The van der Waals surface area contributed by atoms with Gasteiger partial charge in [-0.2, -0.15) is 0 Å². The maximum atomic E-state index is 11.5. The zero-order chi connectivity index (χ0) is 12.6. The van der Waals surface area contributed by atoms with E-state index in [9.17, 15) is 8.42 Å². The molecular formula is C12H18N2O2S. The van der Waals surface area contributed by atoms with Crippen LogP contribution in [0, 0.1) is 6.92 Å². The SMILES string of the molecule is Cc1ccc(N2CCS(=O)(=O)CC2C)c(N)c1. The standard InChI is InChI=1S/C12H18N2O2S/c1-9-3-4-12(11(13)7-9)14-5-6-17(15,16)8-10(14)2/h3-4,7,10H,5-6,8,13H2,1-2H3. The van der Waals surface area contributed by atoms with Gasteiger partial charge in [0.1, 0.15) is 0 Å². The van der Waals surface area contributed by atoms with Crippen molar-refractivity contribution in [3.63, 3.8) is 0 Å². The highest BCUT2D eigenvalue weighted by atomic mass is 32.2. The molecule has 1 unspecified atom stereocenters. The van der Waals surface area contributed by atoms with E-state index in [0.717, 1.165) is 16.9 Å². The third-order valence-electron chi connectivity index (χ3n) is 3.16. The van der Waals surface area contributed by atoms with Crippen molar-refractivity contribution in [1.82, 2.24) is 0 Å². The zero-order valence-corrected chi connectivity index (χ0v) is 11.0. The molecule has 4 nitrogen and oxygen atoms in total. The molecule has 1 aromatic rings. The van der Waals surface area contributed by atoms with Crippen LogP contribution in [0.25, 0.3) is 0 Å². The molecule has 0 bridgehead atoms. The molecule has 2 rings (SSSR count). The molecule has 2 N–H and O–H groups in total. The van der Waals surface area contributed by atoms with Crippen molar-refractivity contribution in [3.05, 3.63) is 23.8 Å². The second-order valence-corrected chi connectivity index (χ2v) is 6.95. The van der Waals surface area contributed by atoms with Gasteiger partial charge in [0, 0.05) is 12.6 Å². The average Bonchev–Trinajstić information content (AvgIpc) is 2.18. The fourth-order valence-corrected chi connectivity index (χ4v) is 3.85. The lowest BCUT2D eigenvalue weighted by Gasteiger charge is -2.35. The van der Waals surface area contributed by atoms with Gasteiger partial charge in [-0.1, -0.05) is 6.07 Å². The minimum Gasteiger partial charge on any atom is -0.397 e. The van der Waals surface area contributed by atoms with Crippen LogP contribution in [0.4, 0.5) is 11.4 Å². The monoisotopic (exact) mass is 254 g/mol. The van der Waals surface area contributed by atoms with Crippen molar-refractivity contribution in [3.8, 4) is 0 Å². The van der Waals surface area contributed by atoms with Gasteiger partial charge in [-0.15, -0.1) is 0 Å². The van der Waals surface area contributed by atoms with E-state index in [2.05, 4.69) is 4.90 Å². The summed E-state index contributed by atoms with van der Waals surface area (Å²) in [4.78, 5) is 2.08. The largest absolute Gasteiger partial charge is 0.397 e. The number of hydrogen-bond donors (Lipinski definition) is 1. The molecule has 1 atom stereocenters. The molecule has 1 fully saturated rings. The lowest BCUT2D eigenvalue weighted by atomic mass is 10.1. The first kappa shape index (κ1) is 12.2. The predicted molar refractivity (Wildman–Crippen MR) is 71.1 cm³/mol. The van der Waals surface area contributed by atoms with Gasteiger partial charge in [0.15, 0.2) is 9.84 Å². The van der Waals surface area contributed by atoms with Gasteiger partial charge in [-0.25, -0.2) is 8.42 Å². The van der Waals surface area contributed by atoms with E-state index >= 15 is 0 Å². The average molecular weight is 254 g/mol. The molecule has 0 saturated carbocycles. The normalized spacial score (nSPS) is 23.6. The number of nitrogens with two attached hydrogens (primary N) is 1. The van der Waals surface area contributed by atoms with Gasteiger partial charge in [-0.3, -0.25) is 0 Å². The first-order valence-electron chi connectivity index (χ1n) is 5.72. The number of aryl methyl sites for hydroxylation is 1. The van der Waals surface area contributed by atoms with Crippen molar-refractivity contribution in [2.45, 2.75) is 19.9 Å². The lowest BCUT2D eigenvalue weighted by Crippen LogP contribution is -2.47. The summed E-state index contributed by atoms with van der Waals surface area (Å²) in [6, 6.07) is 5.88. The Hall–Kier alpha value is -1.23. The van der Waals surface area contributed by atoms with Gasteiger partial charge < -0.3 is 10.6 Å². The van der Waals surface area contributed by atoms with Crippen LogP contribution in [-0.4, -0.2) is 32.5 Å². The molecule has 0 aromatic heterocycles. The Morgan fingerprint density at radius 2 is 2.12 bits per heavy atom. The maximum Gasteiger partial charge on any atom is 0.154 e. The number of hydrogen-bond acceptors (Lipinski definition) is 4. The summed E-state index contributed by atoms with van der Waals surface area (Å²) in [5.74, 6) is 0.422. The zero-order valence-electron chi connectivity index (χ0n) is 10.2. The van der Waals surface area contributed by atoms with Crippen LogP contribution in [0.2, 0.25) is 0 Å². The Balaban J connectivity index is 2.29. The van der Waals surface area contributed by atoms with E-state index in [-0.39, 0.29) is 17.5 Å². The molecule has 94 valence electrons. The Kier molecular flexibility index (Phi) is 3.03. The number of nitrogens with zero attached hydrogens (tertiary/aromatic N) is 1. The highest BCUT2D eigenvalue weighted by Crippen LogP contribution is 2.28. The highest BCUT2D eigenvalue weighted by Gasteiger charge is 2.28. The summed E-state index contributed by atoms with van der Waals surface area (Å²) in [5.41, 5.74) is 8.77. The number of rotatable bonds is 1. The van der Waals surface area contributed by atoms with Crippen LogP contribution in [0.5, 0.6) is 0 Å². The van der Waals surface area contributed by atoms with Gasteiger partial charge in [-0.05, 0) is 31.5 Å². The van der Waals surface area contributed by atoms with E-state index in [1.165, 1.54) is 0 Å². The topological polar surface area (TPSA) is 63.4 Å². The molecule has 17 heavy (non-hydrogen) atoms. The second kappa shape index (κ2) is 4.22. The lowest BCUT2D eigenvalue weighted by molar-refractivity contribution is 0.568. The molecule has 1 aliphatic rings. The maximum absolute atomic E-state index is 11.5. The van der Waals surface area contributed by atoms with Gasteiger partial charge >= 0.3 is 0 Å². The molecule has 1 heterocycles. The van der Waals surface area contributed by atoms with Crippen molar-refractivity contribution >= 4 is 21.2 Å². The highest BCUT2D eigenvalue weighted by molar-refractivity contribution is 7.91. The third-order valence-corrected chi connectivity index (χ3v) is 4.96. The van der Waals surface area contributed by atoms with Crippen LogP contribution in [-0.2, 0) is 9.84 Å². The third kappa shape index (κ3) is 2.54. The van der Waals surface area contributed by atoms with Crippen LogP contribution in [0.3, 0.4) is 0 Å². The molecular weight excluding hydrogens is 236 g/mol. The fraction of sp³-hybridized carbons (Fsp3) is 0.500. The summed E-state index contributed by atoms with van der Waals surface area (Å²) in [6.45, 7) is 4.44. The molecule has 1 aromatic carbocycles. The summed E-state index contributed by atoms with van der Waals surface area (Å²) < 4.78 is 23.0. The van der Waals surface area contributed by atoms with Crippen LogP contribution in [0.15, 0.2) is 18.2 Å². The number of anilines is 2. The molecule has 0 aliphatic carbocycles. The first-order valence-corrected chi connectivity index (χ1v) is 7.54. The van der Waals surface area contributed by atoms with E-state index in [1.54, 1.807) is 0 Å². The fourth-order valence-electron chi connectivity index (χ4n) is 2.29. The Bertz CT molecular complexity index is 525. The molecule has 0 radical (unpaired) electrons. The minimum atomic E-state index is -2.88. The summed E-state index contributed by atoms with van der Waals surface area (Å²) in [6.07, 6.45) is 0. The van der Waals surface area contributed by atoms with Gasteiger partial charge in [0.05, 0.1) is 22.9 Å². The van der Waals surface area contributed by atoms with Crippen molar-refractivity contribution in [2.75, 3.05) is 28.7 Å². The smallest absolute Gasteiger partial charge is 0.154 e. The minimum absolute atomic E-state index is 0.0150. The Morgan fingerprint density at radius 3 is 2.71 bits per heavy atom. The van der Waals surface area contributed by atoms with Crippen molar-refractivity contribution in [2.24, 2.45) is 0 Å². The Labute approximate surface area is 102 Å². The Morgan fingerprint density at radius 1 is 1.41 bits per heavy atom. The molecule has 0 spiro atoms. The van der Waals surface area contributed by atoms with E-state index in [1.807, 2.05) is 32.0 Å². The van der Waals surface area contributed by atoms with Crippen LogP contribution < -0.4 is 10.6 Å². The first-order chi connectivity index (χ1) is 7.89. The molecule has 1 saturated heterocycles. The molecule has 1 aliphatic heterocycles. The molecule has 0 amide bonds. The molecule has 5 heteroatoms. The van der Waals surface area contributed by atoms with Crippen molar-refractivity contribution < 1.29 is 8.42 Å². The van der Waals surface area contributed by atoms with E-state index in [4.69, 9.17) is 5.73 Å². The van der Waals surface area contributed by atoms with Gasteiger partial charge in [0.25, 0.3) is 0 Å². The van der Waals surface area contributed by atoms with E-state index < -0.39 is 9.84 Å². The summed E-state index contributed by atoms with van der Waals surface area (Å²) in [5, 5.41) is 0. The number of nitrogen functional groups attached to an aromatic ring is 1. The summed E-state index contributed by atoms with van der Waals surface area (Å²) in [7, 11) is -2.88. The van der Waals surface area contributed by atoms with Crippen LogP contribution >= 0.6 is 0 Å². The quantitative estimate of drug-likeness (QED) is 0.765. The second-order valence-electron chi connectivity index (χ2n) is 4.72. The summed E-state index contributed by atoms with van der Waals surface area (Å²) >= 11 is 0. The number of benzene rings is 1. The predicted octanol–water partition coefficient (Wildman–Crippen LogP) is 1.20. The van der Waals surface area contributed by atoms with Crippen molar-refractivity contribution in [1.29, 1.82) is 0 Å².